The number of hydrogen-bond acceptors (Lipinski definition) is 4. The van der Waals surface area contributed by atoms with Crippen molar-refractivity contribution in [1.82, 2.24) is 4.98 Å². The highest BCUT2D eigenvalue weighted by molar-refractivity contribution is 7.17. The smallest absolute Gasteiger partial charge is 0.349 e. The van der Waals surface area contributed by atoms with E-state index in [1.807, 2.05) is 0 Å². The fraction of sp³-hybridized carbons (Fsp3) is 0.143. The van der Waals surface area contributed by atoms with E-state index < -0.39 is 11.9 Å². The maximum atomic E-state index is 13.2. The number of halogens is 3. The summed E-state index contributed by atoms with van der Waals surface area (Å²) in [7, 11) is 0. The first-order valence-electron chi connectivity index (χ1n) is 5.90. The van der Waals surface area contributed by atoms with Gasteiger partial charge in [0.25, 0.3) is 0 Å². The van der Waals surface area contributed by atoms with Crippen LogP contribution in [0.4, 0.5) is 18.9 Å². The minimum Gasteiger partial charge on any atom is -0.349 e. The van der Waals surface area contributed by atoms with Crippen LogP contribution in [0.5, 0.6) is 0 Å². The highest BCUT2D eigenvalue weighted by atomic mass is 32.1. The molecule has 0 aliphatic rings. The van der Waals surface area contributed by atoms with Crippen LogP contribution in [-0.4, -0.2) is 17.4 Å². The summed E-state index contributed by atoms with van der Waals surface area (Å²) in [5.41, 5.74) is -0.878. The van der Waals surface area contributed by atoms with Crippen LogP contribution in [-0.2, 0) is 0 Å². The fourth-order valence-electron chi connectivity index (χ4n) is 1.83. The van der Waals surface area contributed by atoms with Crippen molar-refractivity contribution in [2.75, 3.05) is 5.32 Å². The monoisotopic (exact) mass is 311 g/mol. The lowest BCUT2D eigenvalue weighted by Crippen LogP contribution is -2.22. The summed E-state index contributed by atoms with van der Waals surface area (Å²) >= 11 is 1.39. The summed E-state index contributed by atoms with van der Waals surface area (Å²) in [5.74, 6) is 0. The summed E-state index contributed by atoms with van der Waals surface area (Å²) in [6.45, 7) is 4.92. The number of anilines is 1. The highest BCUT2D eigenvalue weighted by Gasteiger charge is 2.36. The van der Waals surface area contributed by atoms with Gasteiger partial charge in [-0.05, 0) is 23.9 Å². The SMILES string of the molecule is C=C(C)/C(C=N)=C(/Nc1cncc2sccc12)C(F)(F)F. The Hall–Kier alpha value is -2.15. The number of nitrogens with zero attached hydrogens (tertiary/aromatic N) is 1. The Labute approximate surface area is 123 Å². The molecule has 21 heavy (non-hydrogen) atoms. The first kappa shape index (κ1) is 15.2. The number of allylic oxidation sites excluding steroid dienone is 3. The molecule has 2 aromatic heterocycles. The fourth-order valence-corrected chi connectivity index (χ4v) is 2.60. The van der Waals surface area contributed by atoms with E-state index in [0.29, 0.717) is 11.6 Å². The lowest BCUT2D eigenvalue weighted by atomic mass is 10.1. The zero-order valence-electron chi connectivity index (χ0n) is 11.1. The molecule has 0 aliphatic carbocycles. The molecule has 0 saturated heterocycles. The van der Waals surface area contributed by atoms with E-state index in [4.69, 9.17) is 5.41 Å². The van der Waals surface area contributed by atoms with Gasteiger partial charge < -0.3 is 10.7 Å². The minimum atomic E-state index is -4.62. The molecule has 0 radical (unpaired) electrons. The lowest BCUT2D eigenvalue weighted by molar-refractivity contribution is -0.0906. The van der Waals surface area contributed by atoms with E-state index in [9.17, 15) is 13.2 Å². The quantitative estimate of drug-likeness (QED) is 0.632. The second-order valence-electron chi connectivity index (χ2n) is 4.36. The first-order chi connectivity index (χ1) is 9.84. The van der Waals surface area contributed by atoms with Crippen LogP contribution in [0.1, 0.15) is 6.92 Å². The molecule has 0 aliphatic heterocycles. The maximum absolute atomic E-state index is 13.2. The Morgan fingerprint density at radius 2 is 2.14 bits per heavy atom. The number of aromatic nitrogens is 1. The van der Waals surface area contributed by atoms with Crippen LogP contribution in [0.2, 0.25) is 0 Å². The topological polar surface area (TPSA) is 48.8 Å². The molecule has 2 N–H and O–H groups in total. The van der Waals surface area contributed by atoms with E-state index in [2.05, 4.69) is 16.9 Å². The average molecular weight is 311 g/mol. The molecule has 2 aromatic rings. The van der Waals surface area contributed by atoms with E-state index in [1.165, 1.54) is 24.5 Å². The van der Waals surface area contributed by atoms with Gasteiger partial charge in [-0.2, -0.15) is 13.2 Å². The third-order valence-corrected chi connectivity index (χ3v) is 3.65. The van der Waals surface area contributed by atoms with Gasteiger partial charge in [0.1, 0.15) is 5.70 Å². The average Bonchev–Trinajstić information content (AvgIpc) is 2.86. The number of alkyl halides is 3. The summed E-state index contributed by atoms with van der Waals surface area (Å²) < 4.78 is 40.5. The number of pyridine rings is 1. The number of thiophene rings is 1. The minimum absolute atomic E-state index is 0.162. The number of fused-ring (bicyclic) bond motifs is 1. The molecule has 0 spiro atoms. The molecule has 2 heterocycles. The van der Waals surface area contributed by atoms with Gasteiger partial charge in [-0.3, -0.25) is 4.98 Å². The van der Waals surface area contributed by atoms with Crippen molar-refractivity contribution >= 4 is 33.3 Å². The Bertz CT molecular complexity index is 728. The molecular weight excluding hydrogens is 299 g/mol. The van der Waals surface area contributed by atoms with Crippen LogP contribution in [0, 0.1) is 5.41 Å². The maximum Gasteiger partial charge on any atom is 0.431 e. The summed E-state index contributed by atoms with van der Waals surface area (Å²) in [4.78, 5) is 3.93. The second kappa shape index (κ2) is 5.69. The zero-order valence-corrected chi connectivity index (χ0v) is 11.9. The third kappa shape index (κ3) is 3.13. The van der Waals surface area contributed by atoms with Crippen LogP contribution >= 0.6 is 11.3 Å². The second-order valence-corrected chi connectivity index (χ2v) is 5.30. The lowest BCUT2D eigenvalue weighted by Gasteiger charge is -2.18. The molecule has 0 amide bonds. The molecule has 0 saturated carbocycles. The van der Waals surface area contributed by atoms with Crippen LogP contribution in [0.3, 0.4) is 0 Å². The molecule has 2 rings (SSSR count). The van der Waals surface area contributed by atoms with Crippen molar-refractivity contribution in [1.29, 1.82) is 5.41 Å². The summed E-state index contributed by atoms with van der Waals surface area (Å²) in [6, 6.07) is 1.73. The first-order valence-corrected chi connectivity index (χ1v) is 6.78. The third-order valence-electron chi connectivity index (χ3n) is 2.80. The standard InChI is InChI=1S/C14H12F3N3S/c1-8(2)10(5-18)13(14(15,16)17)20-11-6-19-7-12-9(11)3-4-21-12/h3-7,18,20H,1H2,2H3/b13-10+,18-5?. The van der Waals surface area contributed by atoms with Crippen molar-refractivity contribution in [3.8, 4) is 0 Å². The van der Waals surface area contributed by atoms with Gasteiger partial charge in [0.05, 0.1) is 16.6 Å². The van der Waals surface area contributed by atoms with Crippen LogP contribution in [0.25, 0.3) is 10.1 Å². The van der Waals surface area contributed by atoms with Gasteiger partial charge in [0, 0.05) is 23.4 Å². The molecule has 0 unspecified atom stereocenters. The predicted molar refractivity (Wildman–Crippen MR) is 79.9 cm³/mol. The summed E-state index contributed by atoms with van der Waals surface area (Å²) in [5, 5.41) is 12.0. The van der Waals surface area contributed by atoms with Gasteiger partial charge >= 0.3 is 6.18 Å². The normalized spacial score (nSPS) is 13.0. The molecule has 0 bridgehead atoms. The van der Waals surface area contributed by atoms with Gasteiger partial charge in [-0.15, -0.1) is 11.3 Å². The Balaban J connectivity index is 2.57. The van der Waals surface area contributed by atoms with Crippen LogP contribution < -0.4 is 5.32 Å². The van der Waals surface area contributed by atoms with E-state index in [-0.39, 0.29) is 16.8 Å². The molecule has 0 atom stereocenters. The van der Waals surface area contributed by atoms with E-state index in [0.717, 1.165) is 4.70 Å². The molecule has 0 aromatic carbocycles. The molecule has 110 valence electrons. The number of rotatable bonds is 4. The largest absolute Gasteiger partial charge is 0.431 e. The Morgan fingerprint density at radius 1 is 1.43 bits per heavy atom. The number of hydrogen-bond donors (Lipinski definition) is 2. The molecule has 3 nitrogen and oxygen atoms in total. The zero-order chi connectivity index (χ0) is 15.6. The van der Waals surface area contributed by atoms with Crippen molar-refractivity contribution in [2.45, 2.75) is 13.1 Å². The molecule has 0 fully saturated rings. The summed E-state index contributed by atoms with van der Waals surface area (Å²) in [6.07, 6.45) is -1.04. The Kier molecular flexibility index (Phi) is 4.13. The molecular formula is C14H12F3N3S. The van der Waals surface area contributed by atoms with Gasteiger partial charge in [-0.1, -0.05) is 6.58 Å². The van der Waals surface area contributed by atoms with E-state index in [1.54, 1.807) is 17.6 Å². The predicted octanol–water partition coefficient (Wildman–Crippen LogP) is 4.75. The van der Waals surface area contributed by atoms with Gasteiger partial charge in [0.2, 0.25) is 0 Å². The van der Waals surface area contributed by atoms with Crippen molar-refractivity contribution in [3.05, 3.63) is 47.3 Å². The van der Waals surface area contributed by atoms with Crippen molar-refractivity contribution < 1.29 is 13.2 Å². The van der Waals surface area contributed by atoms with E-state index >= 15 is 0 Å². The number of nitrogens with one attached hydrogen (secondary N) is 2. The van der Waals surface area contributed by atoms with Crippen LogP contribution in [0.15, 0.2) is 47.3 Å². The van der Waals surface area contributed by atoms with Crippen molar-refractivity contribution in [2.24, 2.45) is 0 Å². The Morgan fingerprint density at radius 3 is 2.71 bits per heavy atom. The van der Waals surface area contributed by atoms with Gasteiger partial charge in [-0.25, -0.2) is 0 Å². The molecule has 7 heteroatoms. The highest BCUT2D eigenvalue weighted by Crippen LogP contribution is 2.34. The van der Waals surface area contributed by atoms with Crippen molar-refractivity contribution in [3.63, 3.8) is 0 Å². The van der Waals surface area contributed by atoms with Gasteiger partial charge in [0.15, 0.2) is 0 Å².